The molecule has 0 amide bonds. The molecule has 1 aromatic heterocycles. The SMILES string of the molecule is CCCCN1CCN(Cc2ccccc2)CC1CC(=O)OCC.CCCCN1CCN(S(=O)(=O)c2ccc(C)cc2)CC1CC(=O)c1ccc(C)cc1.CCOC(=O)CC1CN(Cc2cccs2)CCN1Cc1ccc(C)cc1.CCOC(=O)CC1CN(S(=O)(=O)c2ccc(C)cc2)CCN1CC1CC1.CCOC(=O)CC1CN(S(=O)(=O)c2ccc(C)cc2)CCN1CCCc1ccccc1. The number of thiophene rings is 1. The van der Waals surface area contributed by atoms with E-state index in [9.17, 15) is 49.2 Å². The molecule has 0 bridgehead atoms. The van der Waals surface area contributed by atoms with Crippen LogP contribution in [0.4, 0.5) is 0 Å². The third-order valence-corrected chi connectivity index (χ3v) is 32.4. The Balaban J connectivity index is 0.000000176. The van der Waals surface area contributed by atoms with Gasteiger partial charge in [0.05, 0.1) is 66.8 Å². The maximum atomic E-state index is 13.2. The van der Waals surface area contributed by atoms with E-state index in [4.69, 9.17) is 18.9 Å². The molecular formula is C107H150N10O15S4. The Morgan fingerprint density at radius 3 is 1.07 bits per heavy atom. The van der Waals surface area contributed by atoms with Crippen molar-refractivity contribution in [3.63, 3.8) is 0 Å². The monoisotopic (exact) mass is 1940 g/mol. The van der Waals surface area contributed by atoms with Crippen LogP contribution in [0.1, 0.15) is 178 Å². The summed E-state index contributed by atoms with van der Waals surface area (Å²) < 4.78 is 104. The highest BCUT2D eigenvalue weighted by Crippen LogP contribution is 2.34. The second-order valence-electron chi connectivity index (χ2n) is 36.7. The summed E-state index contributed by atoms with van der Waals surface area (Å²) in [6.07, 6.45) is 10.6. The number of ketones is 1. The van der Waals surface area contributed by atoms with E-state index < -0.39 is 30.1 Å². The summed E-state index contributed by atoms with van der Waals surface area (Å²) in [5.41, 5.74) is 10.1. The summed E-state index contributed by atoms with van der Waals surface area (Å²) in [4.78, 5) is 80.1. The molecule has 0 N–H and O–H groups in total. The van der Waals surface area contributed by atoms with Crippen LogP contribution in [0.5, 0.6) is 0 Å². The average Bonchev–Trinajstić information content (AvgIpc) is 1.17. The molecule has 1 aliphatic carbocycles. The van der Waals surface area contributed by atoms with Crippen LogP contribution in [0, 0.1) is 40.5 Å². The largest absolute Gasteiger partial charge is 0.466 e. The second kappa shape index (κ2) is 55.9. The minimum Gasteiger partial charge on any atom is -0.466 e. The molecule has 6 aliphatic rings. The Hall–Kier alpha value is -8.76. The smallest absolute Gasteiger partial charge is 0.307 e. The second-order valence-corrected chi connectivity index (χ2v) is 43.5. The molecule has 0 spiro atoms. The molecule has 5 aliphatic heterocycles. The number of aryl methyl sites for hydroxylation is 6. The lowest BCUT2D eigenvalue weighted by molar-refractivity contribution is -0.146. The predicted molar refractivity (Wildman–Crippen MR) is 540 cm³/mol. The first-order valence-electron chi connectivity index (χ1n) is 49.2. The van der Waals surface area contributed by atoms with Gasteiger partial charge in [-0.05, 0) is 191 Å². The van der Waals surface area contributed by atoms with Gasteiger partial charge in [-0.15, -0.1) is 11.3 Å². The van der Waals surface area contributed by atoms with Crippen molar-refractivity contribution >= 4 is 71.1 Å². The molecule has 25 nitrogen and oxygen atoms in total. The summed E-state index contributed by atoms with van der Waals surface area (Å²) in [7, 11) is -10.7. The van der Waals surface area contributed by atoms with E-state index in [0.717, 1.165) is 133 Å². The number of nitrogens with zero attached hydrogens (tertiary/aromatic N) is 10. The van der Waals surface area contributed by atoms with Gasteiger partial charge < -0.3 is 18.9 Å². The van der Waals surface area contributed by atoms with Crippen molar-refractivity contribution in [1.29, 1.82) is 0 Å². The minimum absolute atomic E-state index is 0.0658. The summed E-state index contributed by atoms with van der Waals surface area (Å²) in [5.74, 6) is 0.0593. The molecule has 1 saturated carbocycles. The topological polar surface area (TPSA) is 257 Å². The van der Waals surface area contributed by atoms with Crippen molar-refractivity contribution in [1.82, 2.24) is 47.2 Å². The molecule has 14 rings (SSSR count). The number of carbonyl (C=O) groups is 5. The number of benzene rings is 7. The van der Waals surface area contributed by atoms with E-state index in [1.165, 1.54) is 61.4 Å². The van der Waals surface area contributed by atoms with Gasteiger partial charge in [-0.1, -0.05) is 206 Å². The molecule has 136 heavy (non-hydrogen) atoms. The molecule has 7 aromatic carbocycles. The van der Waals surface area contributed by atoms with Gasteiger partial charge in [-0.2, -0.15) is 12.9 Å². The molecule has 5 saturated heterocycles. The molecule has 29 heteroatoms. The quantitative estimate of drug-likeness (QED) is 0.0197. The van der Waals surface area contributed by atoms with Gasteiger partial charge in [0, 0.05) is 171 Å². The van der Waals surface area contributed by atoms with Crippen molar-refractivity contribution in [3.8, 4) is 0 Å². The number of carbonyl (C=O) groups excluding carboxylic acids is 5. The molecule has 6 fully saturated rings. The lowest BCUT2D eigenvalue weighted by Crippen LogP contribution is -2.55. The van der Waals surface area contributed by atoms with Crippen LogP contribution in [0.15, 0.2) is 214 Å². The predicted octanol–water partition coefficient (Wildman–Crippen LogP) is 16.0. The zero-order chi connectivity index (χ0) is 97.6. The summed E-state index contributed by atoms with van der Waals surface area (Å²) >= 11 is 1.80. The van der Waals surface area contributed by atoms with Crippen LogP contribution in [0.2, 0.25) is 0 Å². The lowest BCUT2D eigenvalue weighted by Gasteiger charge is -2.41. The third-order valence-electron chi connectivity index (χ3n) is 25.9. The standard InChI is InChI=1S/C24H32N2O4S.C24H32N2O3S.C21H28N2O2S.C19H28N2O4S.C19H30N2O2/c1-3-30-24(27)18-22-19-26(31(28,29)23-13-11-20(2)12-14-23)17-16-25(22)15-7-10-21-8-5-4-6-9-21;1-4-5-14-25-15-16-26(30(28,29)23-12-8-20(3)9-13-23)18-22(25)17-24(27)21-10-6-19(2)7-11-21;1-3-25-21(24)13-19-15-22(16-20-5-4-12-26-20)10-11-23(19)14-18-8-6-17(2)7-9-18;1-3-25-19(22)12-17-14-21(11-10-20(17)13-16-6-7-16)26(23,24)18-8-4-15(2)5-9-18;1-3-5-11-21-13-12-20(15-17-9-7-6-8-10-17)16-18(21)14-19(22)23-4-2/h4-6,8-9,11-14,22H,3,7,10,15-19H2,1-2H3;6-13,22H,4-5,14-18H2,1-3H3;4-9,12,19H,3,10-11,13-16H2,1-2H3;4-5,8-9,16-17H,3,6-7,10-14H2,1-2H3;6-10,18H,3-5,11-16H2,1-2H3. The fourth-order valence-corrected chi connectivity index (χ4v) is 23.1. The molecule has 0 radical (unpaired) electrons. The highest BCUT2D eigenvalue weighted by Gasteiger charge is 2.41. The number of piperazine rings is 5. The maximum Gasteiger partial charge on any atom is 0.307 e. The fraction of sp³-hybridized carbons (Fsp3) is 0.523. The Bertz CT molecular complexity index is 5280. The highest BCUT2D eigenvalue weighted by atomic mass is 32.2. The number of unbranched alkanes of at least 4 members (excludes halogenated alkanes) is 2. The number of esters is 4. The Kier molecular flexibility index (Phi) is 44.9. The van der Waals surface area contributed by atoms with Gasteiger partial charge in [0.1, 0.15) is 0 Å². The highest BCUT2D eigenvalue weighted by molar-refractivity contribution is 7.89. The van der Waals surface area contributed by atoms with Crippen LogP contribution in [0.25, 0.3) is 0 Å². The molecular weight excluding hydrogens is 1790 g/mol. The van der Waals surface area contributed by atoms with Gasteiger partial charge in [0.15, 0.2) is 5.78 Å². The summed E-state index contributed by atoms with van der Waals surface area (Å²) in [5, 5.41) is 2.12. The number of rotatable bonds is 39. The number of hydrogen-bond acceptors (Lipinski definition) is 23. The minimum atomic E-state index is -3.59. The van der Waals surface area contributed by atoms with E-state index in [1.54, 1.807) is 65.9 Å². The maximum absolute atomic E-state index is 13.2. The Morgan fingerprint density at radius 1 is 0.331 bits per heavy atom. The normalized spacial score (nSPS) is 19.4. The Labute approximate surface area is 816 Å². The van der Waals surface area contributed by atoms with Crippen LogP contribution in [-0.2, 0) is 94.3 Å². The van der Waals surface area contributed by atoms with Gasteiger partial charge >= 0.3 is 23.9 Å². The van der Waals surface area contributed by atoms with Crippen molar-refractivity contribution in [2.24, 2.45) is 5.92 Å². The zero-order valence-corrected chi connectivity index (χ0v) is 85.6. The molecule has 8 aromatic rings. The first kappa shape index (κ1) is 109. The first-order valence-corrected chi connectivity index (χ1v) is 54.4. The molecule has 6 heterocycles. The number of hydrogen-bond donors (Lipinski definition) is 0. The molecule has 5 atom stereocenters. The third kappa shape index (κ3) is 35.2. The van der Waals surface area contributed by atoms with Crippen molar-refractivity contribution in [3.05, 3.63) is 254 Å². The number of Topliss-reactive ketones (excluding diaryl/α,β-unsaturated/α-hetero) is 1. The zero-order valence-electron chi connectivity index (χ0n) is 82.3. The average molecular weight is 1940 g/mol. The molecule has 5 unspecified atom stereocenters. The van der Waals surface area contributed by atoms with Crippen LogP contribution < -0.4 is 0 Å². The Morgan fingerprint density at radius 2 is 0.669 bits per heavy atom. The number of ether oxygens (including phenoxy) is 4. The van der Waals surface area contributed by atoms with Crippen molar-refractivity contribution < 1.29 is 68.2 Å². The van der Waals surface area contributed by atoms with Gasteiger partial charge in [0.2, 0.25) is 30.1 Å². The lowest BCUT2D eigenvalue weighted by atomic mass is 10.00. The summed E-state index contributed by atoms with van der Waals surface area (Å²) in [6.45, 7) is 39.9. The van der Waals surface area contributed by atoms with E-state index in [2.05, 4.69) is 139 Å². The van der Waals surface area contributed by atoms with Crippen molar-refractivity contribution in [2.75, 3.05) is 151 Å². The fourth-order valence-electron chi connectivity index (χ4n) is 17.9. The van der Waals surface area contributed by atoms with E-state index in [0.29, 0.717) is 131 Å². The van der Waals surface area contributed by atoms with E-state index in [-0.39, 0.29) is 72.7 Å². The van der Waals surface area contributed by atoms with Gasteiger partial charge in [-0.3, -0.25) is 58.3 Å². The van der Waals surface area contributed by atoms with Gasteiger partial charge in [0.25, 0.3) is 0 Å². The van der Waals surface area contributed by atoms with Gasteiger partial charge in [-0.25, -0.2) is 25.3 Å². The first-order chi connectivity index (χ1) is 65.5. The number of sulfonamides is 3. The molecule has 742 valence electrons. The van der Waals surface area contributed by atoms with Crippen molar-refractivity contribution in [2.45, 2.75) is 224 Å². The van der Waals surface area contributed by atoms with Crippen LogP contribution >= 0.6 is 11.3 Å². The van der Waals surface area contributed by atoms with E-state index in [1.807, 2.05) is 120 Å². The van der Waals surface area contributed by atoms with E-state index >= 15 is 0 Å². The van der Waals surface area contributed by atoms with Crippen LogP contribution in [0.3, 0.4) is 0 Å². The summed E-state index contributed by atoms with van der Waals surface area (Å²) in [6, 6.07) is 62.3. The van der Waals surface area contributed by atoms with Crippen LogP contribution in [-0.4, -0.2) is 283 Å².